The average Bonchev–Trinajstić information content (AvgIpc) is 3.22. The average molecular weight is 483 g/mol. The maximum absolute atomic E-state index is 12.8. The number of anilines is 2. The van der Waals surface area contributed by atoms with Crippen molar-refractivity contribution in [1.82, 2.24) is 14.8 Å². The molecule has 1 aliphatic carbocycles. The molecule has 0 spiro atoms. The smallest absolute Gasteiger partial charge is 0.324 e. The van der Waals surface area contributed by atoms with Gasteiger partial charge < -0.3 is 15.8 Å². The van der Waals surface area contributed by atoms with Gasteiger partial charge in [0.05, 0.1) is 11.4 Å². The fourth-order valence-electron chi connectivity index (χ4n) is 3.98. The Balaban J connectivity index is 1.27. The third-order valence-electron chi connectivity index (χ3n) is 6.07. The summed E-state index contributed by atoms with van der Waals surface area (Å²) in [5, 5.41) is 10.6. The summed E-state index contributed by atoms with van der Waals surface area (Å²) < 4.78 is 7.54. The lowest BCUT2D eigenvalue weighted by Crippen LogP contribution is -2.21. The van der Waals surface area contributed by atoms with Crippen LogP contribution in [0.3, 0.4) is 0 Å². The number of amides is 3. The third kappa shape index (κ3) is 5.20. The third-order valence-corrected chi connectivity index (χ3v) is 6.07. The van der Waals surface area contributed by atoms with E-state index >= 15 is 0 Å². The second kappa shape index (κ2) is 9.91. The van der Waals surface area contributed by atoms with E-state index in [-0.39, 0.29) is 11.7 Å². The van der Waals surface area contributed by atoms with Gasteiger partial charge in [-0.2, -0.15) is 5.10 Å². The summed E-state index contributed by atoms with van der Waals surface area (Å²) in [5.74, 6) is 1.39. The van der Waals surface area contributed by atoms with Crippen molar-refractivity contribution in [3.8, 4) is 17.2 Å². The fraction of sp³-hybridized carbons (Fsp3) is 0.185. The van der Waals surface area contributed by atoms with Crippen LogP contribution in [0, 0.1) is 6.92 Å². The van der Waals surface area contributed by atoms with Gasteiger partial charge in [0.25, 0.3) is 5.91 Å². The minimum Gasteiger partial charge on any atom is -0.457 e. The Morgan fingerprint density at radius 3 is 2.50 bits per heavy atom. The number of ether oxygens (including phenoxy) is 1. The van der Waals surface area contributed by atoms with Crippen LogP contribution in [-0.4, -0.2) is 26.7 Å². The van der Waals surface area contributed by atoms with Gasteiger partial charge in [-0.3, -0.25) is 15.1 Å². The van der Waals surface area contributed by atoms with Crippen molar-refractivity contribution >= 4 is 23.4 Å². The lowest BCUT2D eigenvalue weighted by molar-refractivity contribution is 0.0995. The van der Waals surface area contributed by atoms with Crippen LogP contribution in [0.15, 0.2) is 72.9 Å². The molecule has 0 aliphatic heterocycles. The van der Waals surface area contributed by atoms with E-state index in [0.29, 0.717) is 28.9 Å². The Labute approximate surface area is 208 Å². The van der Waals surface area contributed by atoms with Crippen LogP contribution in [0.2, 0.25) is 0 Å². The SMILES string of the molecule is Cc1cccc(-n2nc(C3CCC3)cc2NC(=O)Nc2ccc(Oc3ccnc(C(N)=O)c3)cc2)c1. The van der Waals surface area contributed by atoms with E-state index in [4.69, 9.17) is 15.6 Å². The summed E-state index contributed by atoms with van der Waals surface area (Å²) >= 11 is 0. The molecule has 2 heterocycles. The zero-order chi connectivity index (χ0) is 25.1. The van der Waals surface area contributed by atoms with E-state index in [1.807, 2.05) is 37.3 Å². The van der Waals surface area contributed by atoms with Gasteiger partial charge in [-0.1, -0.05) is 18.6 Å². The highest BCUT2D eigenvalue weighted by molar-refractivity contribution is 5.99. The summed E-state index contributed by atoms with van der Waals surface area (Å²) in [6.45, 7) is 2.03. The van der Waals surface area contributed by atoms with Crippen LogP contribution in [0.25, 0.3) is 5.69 Å². The van der Waals surface area contributed by atoms with Crippen LogP contribution in [-0.2, 0) is 0 Å². The largest absolute Gasteiger partial charge is 0.457 e. The Kier molecular flexibility index (Phi) is 6.36. The molecule has 2 aromatic carbocycles. The number of nitrogens with one attached hydrogen (secondary N) is 2. The number of hydrogen-bond acceptors (Lipinski definition) is 5. The highest BCUT2D eigenvalue weighted by atomic mass is 16.5. The number of carbonyl (C=O) groups is 2. The predicted octanol–water partition coefficient (Wildman–Crippen LogP) is 5.38. The number of urea groups is 1. The Bertz CT molecular complexity index is 1410. The molecule has 3 amide bonds. The van der Waals surface area contributed by atoms with Gasteiger partial charge in [0.2, 0.25) is 0 Å². The monoisotopic (exact) mass is 482 g/mol. The number of nitrogens with zero attached hydrogens (tertiary/aromatic N) is 3. The highest BCUT2D eigenvalue weighted by Gasteiger charge is 2.24. The molecule has 36 heavy (non-hydrogen) atoms. The summed E-state index contributed by atoms with van der Waals surface area (Å²) in [5.41, 5.74) is 8.98. The van der Waals surface area contributed by atoms with Crippen LogP contribution in [0.5, 0.6) is 11.5 Å². The second-order valence-electron chi connectivity index (χ2n) is 8.78. The first kappa shape index (κ1) is 23.1. The van der Waals surface area contributed by atoms with Crippen molar-refractivity contribution in [1.29, 1.82) is 0 Å². The normalized spacial score (nSPS) is 13.0. The Morgan fingerprint density at radius 2 is 1.81 bits per heavy atom. The van der Waals surface area contributed by atoms with E-state index in [9.17, 15) is 9.59 Å². The van der Waals surface area contributed by atoms with Gasteiger partial charge >= 0.3 is 6.03 Å². The first-order chi connectivity index (χ1) is 17.4. The number of primary amides is 1. The Hall–Kier alpha value is -4.66. The van der Waals surface area contributed by atoms with E-state index in [2.05, 4.69) is 15.6 Å². The van der Waals surface area contributed by atoms with Crippen LogP contribution >= 0.6 is 0 Å². The number of aryl methyl sites for hydroxylation is 1. The zero-order valence-electron chi connectivity index (χ0n) is 19.8. The van der Waals surface area contributed by atoms with E-state index in [0.717, 1.165) is 29.8 Å². The van der Waals surface area contributed by atoms with Gasteiger partial charge in [-0.15, -0.1) is 0 Å². The fourth-order valence-corrected chi connectivity index (χ4v) is 3.98. The maximum atomic E-state index is 12.8. The number of pyridine rings is 1. The van der Waals surface area contributed by atoms with Gasteiger partial charge in [0, 0.05) is 29.9 Å². The van der Waals surface area contributed by atoms with Crippen molar-refractivity contribution in [2.75, 3.05) is 10.6 Å². The summed E-state index contributed by atoms with van der Waals surface area (Å²) in [6, 6.07) is 19.6. The molecule has 9 heteroatoms. The molecule has 2 aromatic heterocycles. The lowest BCUT2D eigenvalue weighted by atomic mass is 9.83. The van der Waals surface area contributed by atoms with Crippen molar-refractivity contribution in [3.05, 3.63) is 89.9 Å². The number of aromatic nitrogens is 3. The summed E-state index contributed by atoms with van der Waals surface area (Å²) in [7, 11) is 0. The van der Waals surface area contributed by atoms with E-state index in [1.165, 1.54) is 18.7 Å². The molecule has 4 aromatic rings. The number of hydrogen-bond donors (Lipinski definition) is 3. The summed E-state index contributed by atoms with van der Waals surface area (Å²) in [6.07, 6.45) is 4.90. The topological polar surface area (TPSA) is 124 Å². The highest BCUT2D eigenvalue weighted by Crippen LogP contribution is 2.37. The molecule has 182 valence electrons. The van der Waals surface area contributed by atoms with Gasteiger partial charge in [0.1, 0.15) is 23.0 Å². The molecule has 5 rings (SSSR count). The van der Waals surface area contributed by atoms with Crippen molar-refractivity contribution in [3.63, 3.8) is 0 Å². The molecule has 1 fully saturated rings. The van der Waals surface area contributed by atoms with Crippen molar-refractivity contribution < 1.29 is 14.3 Å². The zero-order valence-corrected chi connectivity index (χ0v) is 19.8. The first-order valence-corrected chi connectivity index (χ1v) is 11.7. The molecule has 0 atom stereocenters. The van der Waals surface area contributed by atoms with Crippen molar-refractivity contribution in [2.24, 2.45) is 5.73 Å². The maximum Gasteiger partial charge on any atom is 0.324 e. The molecule has 1 aliphatic rings. The first-order valence-electron chi connectivity index (χ1n) is 11.7. The Morgan fingerprint density at radius 1 is 1.00 bits per heavy atom. The molecular formula is C27H26N6O3. The molecule has 0 radical (unpaired) electrons. The van der Waals surface area contributed by atoms with Crippen molar-refractivity contribution in [2.45, 2.75) is 32.1 Å². The molecule has 0 saturated heterocycles. The van der Waals surface area contributed by atoms with E-state index in [1.54, 1.807) is 35.0 Å². The molecule has 0 bridgehead atoms. The molecule has 4 N–H and O–H groups in total. The number of benzene rings is 2. The number of nitrogens with two attached hydrogens (primary N) is 1. The molecule has 9 nitrogen and oxygen atoms in total. The quantitative estimate of drug-likeness (QED) is 0.326. The number of carbonyl (C=O) groups excluding carboxylic acids is 2. The molecule has 1 saturated carbocycles. The van der Waals surface area contributed by atoms with Gasteiger partial charge in [-0.05, 0) is 67.8 Å². The predicted molar refractivity (Wildman–Crippen MR) is 137 cm³/mol. The van der Waals surface area contributed by atoms with Crippen LogP contribution in [0.1, 0.15) is 46.9 Å². The minimum atomic E-state index is -0.630. The van der Waals surface area contributed by atoms with Gasteiger partial charge in [0.15, 0.2) is 0 Å². The minimum absolute atomic E-state index is 0.118. The van der Waals surface area contributed by atoms with Crippen LogP contribution < -0.4 is 21.1 Å². The second-order valence-corrected chi connectivity index (χ2v) is 8.78. The lowest BCUT2D eigenvalue weighted by Gasteiger charge is -2.22. The molecule has 0 unspecified atom stereocenters. The number of rotatable bonds is 7. The van der Waals surface area contributed by atoms with Gasteiger partial charge in [-0.25, -0.2) is 9.48 Å². The summed E-state index contributed by atoms with van der Waals surface area (Å²) in [4.78, 5) is 28.0. The standard InChI is InChI=1S/C27H26N6O3/c1-17-4-2-7-20(14-17)33-25(16-23(32-33)18-5-3-6-18)31-27(35)30-19-8-10-21(11-9-19)36-22-12-13-29-24(15-22)26(28)34/h2,4,7-16,18H,3,5-6H2,1H3,(H2,28,34)(H2,30,31,35). The van der Waals surface area contributed by atoms with E-state index < -0.39 is 5.91 Å². The van der Waals surface area contributed by atoms with Crippen LogP contribution in [0.4, 0.5) is 16.3 Å². The molecular weight excluding hydrogens is 456 g/mol.